The van der Waals surface area contributed by atoms with E-state index in [0.717, 1.165) is 7.11 Å². The van der Waals surface area contributed by atoms with E-state index in [1.807, 2.05) is 0 Å². The summed E-state index contributed by atoms with van der Waals surface area (Å²) in [7, 11) is 1.14. The summed E-state index contributed by atoms with van der Waals surface area (Å²) in [5.41, 5.74) is 1.20. The Morgan fingerprint density at radius 3 is 2.84 bits per heavy atom. The van der Waals surface area contributed by atoms with Crippen LogP contribution >= 0.6 is 11.6 Å². The number of methoxy groups -OCH3 is 1. The molecule has 1 saturated carbocycles. The molecule has 2 atom stereocenters. The van der Waals surface area contributed by atoms with Gasteiger partial charge in [-0.1, -0.05) is 11.6 Å². The number of carbonyl (C=O) groups is 2. The van der Waals surface area contributed by atoms with Crippen molar-refractivity contribution in [3.63, 3.8) is 0 Å². The maximum atomic E-state index is 15.0. The van der Waals surface area contributed by atoms with Gasteiger partial charge in [0, 0.05) is 22.7 Å². The van der Waals surface area contributed by atoms with Crippen molar-refractivity contribution in [3.8, 4) is 11.1 Å². The van der Waals surface area contributed by atoms with Crippen LogP contribution in [0.25, 0.3) is 27.7 Å². The van der Waals surface area contributed by atoms with Crippen LogP contribution in [-0.4, -0.2) is 44.7 Å². The number of H-pyrrole nitrogens is 1. The number of benzene rings is 1. The largest absolute Gasteiger partial charge is 0.465 e. The summed E-state index contributed by atoms with van der Waals surface area (Å²) < 4.78 is 34.4. The number of halogens is 3. The quantitative estimate of drug-likeness (QED) is 0.466. The normalized spacial score (nSPS) is 17.8. The van der Waals surface area contributed by atoms with Crippen molar-refractivity contribution in [2.75, 3.05) is 12.4 Å². The molecule has 3 aromatic heterocycles. The lowest BCUT2D eigenvalue weighted by Crippen LogP contribution is -2.15. The van der Waals surface area contributed by atoms with E-state index in [1.165, 1.54) is 6.20 Å². The summed E-state index contributed by atoms with van der Waals surface area (Å²) in [5, 5.41) is 9.30. The van der Waals surface area contributed by atoms with Gasteiger partial charge in [0.05, 0.1) is 36.0 Å². The van der Waals surface area contributed by atoms with Crippen molar-refractivity contribution in [1.29, 1.82) is 0 Å². The SMILES string of the molecule is COC(=O)c1c(F)c(Cl)c(-c2ccc3nc(NC(=O)[C@@H]4C[C@@H]4F)cn3c2)c2cn[nH]c12. The molecule has 8 nitrogen and oxygen atoms in total. The average molecular weight is 446 g/mol. The number of pyridine rings is 1. The fourth-order valence-corrected chi connectivity index (χ4v) is 3.85. The molecule has 11 heteroatoms. The second kappa shape index (κ2) is 7.02. The number of nitrogens with zero attached hydrogens (tertiary/aromatic N) is 3. The predicted octanol–water partition coefficient (Wildman–Crippen LogP) is 3.75. The minimum Gasteiger partial charge on any atom is -0.465 e. The van der Waals surface area contributed by atoms with E-state index in [2.05, 4.69) is 25.2 Å². The van der Waals surface area contributed by atoms with Gasteiger partial charge in [0.1, 0.15) is 17.4 Å². The number of nitrogens with one attached hydrogen (secondary N) is 2. The molecule has 0 saturated heterocycles. The van der Waals surface area contributed by atoms with Gasteiger partial charge in [0.15, 0.2) is 11.6 Å². The fraction of sp³-hybridized carbons (Fsp3) is 0.200. The molecule has 1 fully saturated rings. The van der Waals surface area contributed by atoms with Gasteiger partial charge in [-0.2, -0.15) is 5.10 Å². The van der Waals surface area contributed by atoms with E-state index in [9.17, 15) is 18.4 Å². The second-order valence-electron chi connectivity index (χ2n) is 7.19. The van der Waals surface area contributed by atoms with Crippen LogP contribution in [0.15, 0.2) is 30.7 Å². The lowest BCUT2D eigenvalue weighted by molar-refractivity contribution is -0.117. The third-order valence-corrected chi connectivity index (χ3v) is 5.58. The van der Waals surface area contributed by atoms with Gasteiger partial charge in [-0.15, -0.1) is 0 Å². The van der Waals surface area contributed by atoms with Crippen LogP contribution in [-0.2, 0) is 9.53 Å². The summed E-state index contributed by atoms with van der Waals surface area (Å²) in [4.78, 5) is 28.3. The molecule has 2 N–H and O–H groups in total. The van der Waals surface area contributed by atoms with Crippen molar-refractivity contribution in [1.82, 2.24) is 19.6 Å². The molecule has 31 heavy (non-hydrogen) atoms. The Labute approximate surface area is 178 Å². The number of imidazole rings is 1. The maximum Gasteiger partial charge on any atom is 0.343 e. The van der Waals surface area contributed by atoms with Gasteiger partial charge in [0.2, 0.25) is 5.91 Å². The molecule has 3 heterocycles. The van der Waals surface area contributed by atoms with E-state index in [4.69, 9.17) is 11.6 Å². The minimum absolute atomic E-state index is 0.160. The first-order chi connectivity index (χ1) is 14.9. The summed E-state index contributed by atoms with van der Waals surface area (Å²) in [6.45, 7) is 0. The number of ether oxygens (including phenoxy) is 1. The molecule has 158 valence electrons. The number of rotatable bonds is 4. The van der Waals surface area contributed by atoms with Crippen LogP contribution in [0.4, 0.5) is 14.6 Å². The van der Waals surface area contributed by atoms with Crippen molar-refractivity contribution >= 4 is 45.8 Å². The number of anilines is 1. The van der Waals surface area contributed by atoms with Crippen molar-refractivity contribution in [3.05, 3.63) is 47.1 Å². The fourth-order valence-electron chi connectivity index (χ4n) is 3.54. The molecule has 1 aliphatic carbocycles. The smallest absolute Gasteiger partial charge is 0.343 e. The number of carbonyl (C=O) groups excluding carboxylic acids is 2. The van der Waals surface area contributed by atoms with Gasteiger partial charge < -0.3 is 14.5 Å². The highest BCUT2D eigenvalue weighted by molar-refractivity contribution is 6.36. The highest BCUT2D eigenvalue weighted by atomic mass is 35.5. The van der Waals surface area contributed by atoms with E-state index in [1.54, 1.807) is 28.9 Å². The second-order valence-corrected chi connectivity index (χ2v) is 7.56. The van der Waals surface area contributed by atoms with E-state index in [-0.39, 0.29) is 28.3 Å². The number of hydrogen-bond donors (Lipinski definition) is 2. The Balaban J connectivity index is 1.59. The summed E-state index contributed by atoms with van der Waals surface area (Å²) in [6.07, 6.45) is 3.76. The molecular weight excluding hydrogens is 432 g/mol. The molecule has 0 radical (unpaired) electrons. The minimum atomic E-state index is -1.11. The summed E-state index contributed by atoms with van der Waals surface area (Å²) in [5.74, 6) is -2.58. The first kappa shape index (κ1) is 19.4. The zero-order chi connectivity index (χ0) is 21.9. The Hall–Kier alpha value is -3.53. The number of amides is 1. The maximum absolute atomic E-state index is 15.0. The highest BCUT2D eigenvalue weighted by Gasteiger charge is 2.43. The van der Waals surface area contributed by atoms with E-state index < -0.39 is 29.8 Å². The molecule has 0 bridgehead atoms. The van der Waals surface area contributed by atoms with Crippen molar-refractivity contribution in [2.24, 2.45) is 5.92 Å². The van der Waals surface area contributed by atoms with Gasteiger partial charge >= 0.3 is 5.97 Å². The molecule has 0 aliphatic heterocycles. The number of alkyl halides is 1. The Morgan fingerprint density at radius 2 is 2.13 bits per heavy atom. The Kier molecular flexibility index (Phi) is 4.40. The van der Waals surface area contributed by atoms with Gasteiger partial charge in [0.25, 0.3) is 0 Å². The number of aromatic nitrogens is 4. The monoisotopic (exact) mass is 445 g/mol. The zero-order valence-corrected chi connectivity index (χ0v) is 16.7. The standard InChI is InChI=1S/C20H14ClF2N5O3/c1-31-20(30)15-17(23)16(21)14(10-5-24-27-18(10)15)8-2-3-13-25-12(7-28(13)6-8)26-19(29)9-4-11(9)22/h2-3,5-7,9,11H,4H2,1H3,(H,24,27)(H,26,29)/t9-,11+/m1/s1. The van der Waals surface area contributed by atoms with Crippen molar-refractivity contribution in [2.45, 2.75) is 12.6 Å². The molecule has 1 aromatic carbocycles. The zero-order valence-electron chi connectivity index (χ0n) is 15.9. The summed E-state index contributed by atoms with van der Waals surface area (Å²) in [6, 6.07) is 3.34. The first-order valence-electron chi connectivity index (χ1n) is 9.25. The van der Waals surface area contributed by atoms with Crippen LogP contribution in [0.3, 0.4) is 0 Å². The van der Waals surface area contributed by atoms with Crippen LogP contribution < -0.4 is 5.32 Å². The number of fused-ring (bicyclic) bond motifs is 2. The third kappa shape index (κ3) is 3.10. The lowest BCUT2D eigenvalue weighted by atomic mass is 9.99. The Bertz CT molecular complexity index is 1380. The Morgan fingerprint density at radius 1 is 1.35 bits per heavy atom. The number of aromatic amines is 1. The van der Waals surface area contributed by atoms with E-state index in [0.29, 0.717) is 22.2 Å². The highest BCUT2D eigenvalue weighted by Crippen LogP contribution is 2.39. The van der Waals surface area contributed by atoms with Gasteiger partial charge in [-0.25, -0.2) is 18.6 Å². The van der Waals surface area contributed by atoms with Crippen molar-refractivity contribution < 1.29 is 23.1 Å². The van der Waals surface area contributed by atoms with Gasteiger partial charge in [-0.3, -0.25) is 9.89 Å². The van der Waals surface area contributed by atoms with Crippen LogP contribution in [0.2, 0.25) is 5.02 Å². The molecule has 5 rings (SSSR count). The lowest BCUT2D eigenvalue weighted by Gasteiger charge is -2.11. The predicted molar refractivity (Wildman–Crippen MR) is 108 cm³/mol. The molecule has 1 amide bonds. The average Bonchev–Trinajstić information content (AvgIpc) is 3.12. The first-order valence-corrected chi connectivity index (χ1v) is 9.63. The van der Waals surface area contributed by atoms with E-state index >= 15 is 0 Å². The topological polar surface area (TPSA) is 101 Å². The number of hydrogen-bond acceptors (Lipinski definition) is 5. The van der Waals surface area contributed by atoms with Crippen LogP contribution in [0.5, 0.6) is 0 Å². The summed E-state index contributed by atoms with van der Waals surface area (Å²) >= 11 is 6.31. The van der Waals surface area contributed by atoms with Crippen LogP contribution in [0, 0.1) is 11.7 Å². The number of esters is 1. The molecule has 1 aliphatic rings. The van der Waals surface area contributed by atoms with Gasteiger partial charge in [-0.05, 0) is 18.6 Å². The molecule has 4 aromatic rings. The molecule has 0 spiro atoms. The van der Waals surface area contributed by atoms with Crippen LogP contribution in [0.1, 0.15) is 16.8 Å². The molecular formula is C20H14ClF2N5O3. The third-order valence-electron chi connectivity index (χ3n) is 5.22. The molecule has 0 unspecified atom stereocenters.